The van der Waals surface area contributed by atoms with Crippen molar-refractivity contribution in [2.24, 2.45) is 0 Å². The monoisotopic (exact) mass is 424 g/mol. The molecule has 6 heteroatoms. The molecule has 1 spiro atoms. The van der Waals surface area contributed by atoms with Crippen molar-refractivity contribution in [1.82, 2.24) is 0 Å². The largest absolute Gasteiger partial charge is 0.508 e. The highest BCUT2D eigenvalue weighted by atomic mass is 79.9. The van der Waals surface area contributed by atoms with Gasteiger partial charge in [-0.2, -0.15) is 0 Å². The van der Waals surface area contributed by atoms with Crippen molar-refractivity contribution < 1.29 is 24.5 Å². The van der Waals surface area contributed by atoms with Crippen LogP contribution in [0.25, 0.3) is 0 Å². The molecule has 2 aliphatic rings. The molecule has 0 saturated heterocycles. The second-order valence-corrected chi connectivity index (χ2v) is 7.11. The van der Waals surface area contributed by atoms with Crippen LogP contribution in [0.4, 0.5) is 0 Å². The fraction of sp³-hybridized carbons (Fsp3) is 0.0952. The van der Waals surface area contributed by atoms with Gasteiger partial charge >= 0.3 is 5.97 Å². The van der Waals surface area contributed by atoms with E-state index in [4.69, 9.17) is 9.47 Å². The van der Waals surface area contributed by atoms with Gasteiger partial charge in [-0.1, -0.05) is 28.1 Å². The van der Waals surface area contributed by atoms with E-state index in [1.807, 2.05) is 18.2 Å². The van der Waals surface area contributed by atoms with E-state index in [-0.39, 0.29) is 11.5 Å². The smallest absolute Gasteiger partial charge is 0.340 e. The Bertz CT molecular complexity index is 1070. The third kappa shape index (κ3) is 2.13. The molecule has 0 fully saturated rings. The number of ether oxygens (including phenoxy) is 2. The molecule has 5 nitrogen and oxygen atoms in total. The third-order valence-corrected chi connectivity index (χ3v) is 5.64. The molecule has 2 heterocycles. The second-order valence-electron chi connectivity index (χ2n) is 6.55. The van der Waals surface area contributed by atoms with Crippen LogP contribution < -0.4 is 4.74 Å². The summed E-state index contributed by atoms with van der Waals surface area (Å²) in [6.45, 7) is 0. The number of hydrogen-bond acceptors (Lipinski definition) is 5. The van der Waals surface area contributed by atoms with E-state index in [1.54, 1.807) is 12.1 Å². The first kappa shape index (κ1) is 16.2. The van der Waals surface area contributed by atoms with Gasteiger partial charge in [-0.15, -0.1) is 0 Å². The number of benzene rings is 3. The number of alkyl halides is 1. The number of fused-ring (bicyclic) bond motifs is 6. The summed E-state index contributed by atoms with van der Waals surface area (Å²) in [5.74, 6) is 0.391. The number of aromatic hydroxyl groups is 2. The highest BCUT2D eigenvalue weighted by Gasteiger charge is 2.53. The maximum absolute atomic E-state index is 12.8. The van der Waals surface area contributed by atoms with Gasteiger partial charge in [0.15, 0.2) is 5.60 Å². The van der Waals surface area contributed by atoms with Gasteiger partial charge in [-0.05, 0) is 35.9 Å². The van der Waals surface area contributed by atoms with Gasteiger partial charge < -0.3 is 19.7 Å². The molecule has 27 heavy (non-hydrogen) atoms. The molecular weight excluding hydrogens is 412 g/mol. The van der Waals surface area contributed by atoms with Crippen LogP contribution in [0.15, 0.2) is 54.6 Å². The Kier molecular flexibility index (Phi) is 3.30. The Morgan fingerprint density at radius 2 is 1.44 bits per heavy atom. The van der Waals surface area contributed by atoms with E-state index < -0.39 is 11.6 Å². The first-order chi connectivity index (χ1) is 13.0. The maximum Gasteiger partial charge on any atom is 0.340 e. The van der Waals surface area contributed by atoms with Crippen LogP contribution in [0.3, 0.4) is 0 Å². The van der Waals surface area contributed by atoms with Crippen LogP contribution in [0.2, 0.25) is 0 Å². The molecular formula is C21H13BrO5. The minimum atomic E-state index is -1.19. The zero-order valence-electron chi connectivity index (χ0n) is 13.9. The summed E-state index contributed by atoms with van der Waals surface area (Å²) in [7, 11) is 0. The minimum absolute atomic E-state index is 0.0340. The number of halogens is 1. The summed E-state index contributed by atoms with van der Waals surface area (Å²) < 4.78 is 11.9. The fourth-order valence-corrected chi connectivity index (χ4v) is 4.18. The van der Waals surface area contributed by atoms with Crippen molar-refractivity contribution >= 4 is 21.9 Å². The van der Waals surface area contributed by atoms with Crippen LogP contribution in [0, 0.1) is 0 Å². The molecule has 0 aliphatic carbocycles. The van der Waals surface area contributed by atoms with Crippen molar-refractivity contribution in [2.75, 3.05) is 0 Å². The van der Waals surface area contributed by atoms with Crippen LogP contribution in [-0.4, -0.2) is 16.2 Å². The Morgan fingerprint density at radius 3 is 2.04 bits per heavy atom. The topological polar surface area (TPSA) is 76.0 Å². The maximum atomic E-state index is 12.8. The molecule has 0 unspecified atom stereocenters. The number of phenols is 2. The van der Waals surface area contributed by atoms with Gasteiger partial charge in [0.1, 0.15) is 23.0 Å². The normalized spacial score (nSPS) is 15.5. The molecule has 5 rings (SSSR count). The first-order valence-electron chi connectivity index (χ1n) is 8.30. The zero-order valence-corrected chi connectivity index (χ0v) is 15.5. The summed E-state index contributed by atoms with van der Waals surface area (Å²) >= 11 is 3.41. The Hall–Kier alpha value is -2.99. The van der Waals surface area contributed by atoms with Gasteiger partial charge in [0.05, 0.1) is 5.56 Å². The molecule has 0 aromatic heterocycles. The molecule has 134 valence electrons. The number of phenolic OH excluding ortho intramolecular Hbond substituents is 2. The van der Waals surface area contributed by atoms with Crippen LogP contribution in [0.1, 0.15) is 32.6 Å². The highest BCUT2D eigenvalue weighted by molar-refractivity contribution is 9.08. The van der Waals surface area contributed by atoms with Crippen molar-refractivity contribution in [1.29, 1.82) is 0 Å². The summed E-state index contributed by atoms with van der Waals surface area (Å²) in [5.41, 5.74) is 2.22. The third-order valence-electron chi connectivity index (χ3n) is 4.99. The molecule has 0 amide bonds. The summed E-state index contributed by atoms with van der Waals surface area (Å²) in [6.07, 6.45) is 0. The highest BCUT2D eigenvalue weighted by Crippen LogP contribution is 2.57. The number of hydrogen-bond donors (Lipinski definition) is 2. The number of carbonyl (C=O) groups excluding carboxylic acids is 1. The van der Waals surface area contributed by atoms with E-state index in [2.05, 4.69) is 15.9 Å². The molecule has 2 N–H and O–H groups in total. The minimum Gasteiger partial charge on any atom is -0.508 e. The van der Waals surface area contributed by atoms with Crippen molar-refractivity contribution in [3.05, 3.63) is 82.4 Å². The van der Waals surface area contributed by atoms with Gasteiger partial charge in [-0.25, -0.2) is 4.79 Å². The molecule has 0 radical (unpaired) electrons. The van der Waals surface area contributed by atoms with Gasteiger partial charge in [0.25, 0.3) is 0 Å². The zero-order chi connectivity index (χ0) is 18.8. The quantitative estimate of drug-likeness (QED) is 0.442. The first-order valence-corrected chi connectivity index (χ1v) is 9.42. The summed E-state index contributed by atoms with van der Waals surface area (Å²) in [6, 6.07) is 15.1. The molecule has 3 aromatic carbocycles. The lowest BCUT2D eigenvalue weighted by molar-refractivity contribution is 0.0224. The molecule has 0 bridgehead atoms. The molecule has 0 atom stereocenters. The van der Waals surface area contributed by atoms with Gasteiger partial charge in [0, 0.05) is 34.2 Å². The van der Waals surface area contributed by atoms with Crippen molar-refractivity contribution in [3.63, 3.8) is 0 Å². The predicted octanol–water partition coefficient (Wildman–Crippen LogP) is 4.56. The Morgan fingerprint density at radius 1 is 0.852 bits per heavy atom. The van der Waals surface area contributed by atoms with Crippen LogP contribution >= 0.6 is 15.9 Å². The summed E-state index contributed by atoms with van der Waals surface area (Å²) in [4.78, 5) is 12.8. The fourth-order valence-electron chi connectivity index (χ4n) is 3.84. The lowest BCUT2D eigenvalue weighted by atomic mass is 9.77. The predicted molar refractivity (Wildman–Crippen MR) is 101 cm³/mol. The van der Waals surface area contributed by atoms with E-state index >= 15 is 0 Å². The van der Waals surface area contributed by atoms with E-state index in [1.165, 1.54) is 24.3 Å². The molecule has 0 saturated carbocycles. The average Bonchev–Trinajstić information content (AvgIpc) is 2.94. The number of esters is 1. The molecule has 2 aliphatic heterocycles. The lowest BCUT2D eigenvalue weighted by Crippen LogP contribution is -2.32. The number of rotatable bonds is 1. The van der Waals surface area contributed by atoms with Crippen LogP contribution in [-0.2, 0) is 15.7 Å². The second kappa shape index (κ2) is 5.50. The Balaban J connectivity index is 1.87. The number of carbonyl (C=O) groups is 1. The van der Waals surface area contributed by atoms with Crippen molar-refractivity contribution in [2.45, 2.75) is 10.9 Å². The SMILES string of the molecule is O=C1OC2(c3ccc(O)cc3Oc3cc(O)ccc32)c2ccc(CBr)cc21. The lowest BCUT2D eigenvalue weighted by Gasteiger charge is -2.36. The van der Waals surface area contributed by atoms with Gasteiger partial charge in [0.2, 0.25) is 0 Å². The van der Waals surface area contributed by atoms with Crippen molar-refractivity contribution in [3.8, 4) is 23.0 Å². The summed E-state index contributed by atoms with van der Waals surface area (Å²) in [5, 5.41) is 20.4. The Labute approximate surface area is 162 Å². The van der Waals surface area contributed by atoms with E-state index in [0.717, 1.165) is 5.56 Å². The molecule has 3 aromatic rings. The average molecular weight is 425 g/mol. The standard InChI is InChI=1S/C21H13BrO5/c22-10-11-1-4-15-14(7-11)20(25)27-21(15)16-5-2-12(23)8-18(16)26-19-9-13(24)3-6-17(19)21/h1-9,23-24H,10H2. The van der Waals surface area contributed by atoms with Gasteiger partial charge in [-0.3, -0.25) is 0 Å². The van der Waals surface area contributed by atoms with E-state index in [9.17, 15) is 15.0 Å². The van der Waals surface area contributed by atoms with E-state index in [0.29, 0.717) is 39.1 Å². The van der Waals surface area contributed by atoms with Crippen LogP contribution in [0.5, 0.6) is 23.0 Å².